The van der Waals surface area contributed by atoms with Crippen molar-refractivity contribution in [2.75, 3.05) is 16.4 Å². The number of rotatable bonds is 1. The molecule has 0 aliphatic carbocycles. The van der Waals surface area contributed by atoms with Gasteiger partial charge in [0.25, 0.3) is 0 Å². The summed E-state index contributed by atoms with van der Waals surface area (Å²) in [5.74, 6) is 0.215. The second-order valence-corrected chi connectivity index (χ2v) is 8.86. The molecule has 0 bridgehead atoms. The summed E-state index contributed by atoms with van der Waals surface area (Å²) in [6.07, 6.45) is 0. The third-order valence-electron chi connectivity index (χ3n) is 3.21. The Labute approximate surface area is 125 Å². The number of benzene rings is 1. The van der Waals surface area contributed by atoms with Crippen LogP contribution in [0.4, 0.5) is 5.69 Å². The first-order valence-corrected chi connectivity index (χ1v) is 9.02. The van der Waals surface area contributed by atoms with Crippen LogP contribution in [0.1, 0.15) is 0 Å². The second-order valence-electron chi connectivity index (χ2n) is 4.60. The Morgan fingerprint density at radius 1 is 1.21 bits per heavy atom. The van der Waals surface area contributed by atoms with Crippen molar-refractivity contribution in [3.05, 3.63) is 28.2 Å². The maximum atomic E-state index is 11.7. The third kappa shape index (κ3) is 2.46. The number of hydrogen-bond acceptors (Lipinski definition) is 4. The van der Waals surface area contributed by atoms with Crippen LogP contribution in [0.3, 0.4) is 0 Å². The molecule has 1 N–H and O–H groups in total. The van der Waals surface area contributed by atoms with E-state index in [4.69, 9.17) is 28.6 Å². The highest BCUT2D eigenvalue weighted by Gasteiger charge is 2.48. The quantitative estimate of drug-likeness (QED) is 0.856. The van der Waals surface area contributed by atoms with Crippen LogP contribution >= 0.6 is 35.0 Å². The summed E-state index contributed by atoms with van der Waals surface area (Å²) in [6.45, 7) is 0. The van der Waals surface area contributed by atoms with Crippen LogP contribution < -0.4 is 4.90 Å². The van der Waals surface area contributed by atoms with E-state index in [9.17, 15) is 8.42 Å². The number of thioether (sulfide) groups is 1. The monoisotopic (exact) mass is 336 g/mol. The lowest BCUT2D eigenvalue weighted by Gasteiger charge is -2.24. The number of nitrogens with one attached hydrogen (secondary N) is 1. The fourth-order valence-corrected chi connectivity index (χ4v) is 6.80. The van der Waals surface area contributed by atoms with Gasteiger partial charge in [-0.1, -0.05) is 35.0 Å². The summed E-state index contributed by atoms with van der Waals surface area (Å²) < 4.78 is 23.4. The second kappa shape index (κ2) is 4.55. The molecule has 0 aromatic heterocycles. The maximum absolute atomic E-state index is 11.7. The summed E-state index contributed by atoms with van der Waals surface area (Å²) in [6, 6.07) is 4.82. The van der Waals surface area contributed by atoms with Crippen LogP contribution in [-0.4, -0.2) is 36.4 Å². The molecule has 0 unspecified atom stereocenters. The van der Waals surface area contributed by atoms with Crippen molar-refractivity contribution in [3.8, 4) is 0 Å². The zero-order valence-corrected chi connectivity index (χ0v) is 12.8. The van der Waals surface area contributed by atoms with Gasteiger partial charge in [-0.25, -0.2) is 8.42 Å². The third-order valence-corrected chi connectivity index (χ3v) is 6.78. The largest absolute Gasteiger partial charge is 0.316 e. The van der Waals surface area contributed by atoms with Crippen LogP contribution in [0.15, 0.2) is 18.2 Å². The molecular weight excluding hydrogens is 327 g/mol. The zero-order valence-electron chi connectivity index (χ0n) is 9.64. The van der Waals surface area contributed by atoms with Crippen molar-refractivity contribution in [2.45, 2.75) is 11.3 Å². The van der Waals surface area contributed by atoms with Crippen LogP contribution in [0.25, 0.3) is 0 Å². The number of halogens is 2. The maximum Gasteiger partial charge on any atom is 0.161 e. The molecule has 1 aromatic rings. The molecule has 4 nitrogen and oxygen atoms in total. The van der Waals surface area contributed by atoms with Crippen molar-refractivity contribution in [2.24, 2.45) is 0 Å². The van der Waals surface area contributed by atoms with E-state index in [1.54, 1.807) is 23.1 Å². The smallest absolute Gasteiger partial charge is 0.161 e. The van der Waals surface area contributed by atoms with Gasteiger partial charge in [0.05, 0.1) is 17.5 Å². The lowest BCUT2D eigenvalue weighted by atomic mass is 10.2. The van der Waals surface area contributed by atoms with Gasteiger partial charge in [-0.15, -0.1) is 0 Å². The summed E-state index contributed by atoms with van der Waals surface area (Å²) in [4.78, 5) is 1.72. The molecule has 2 fully saturated rings. The SMILES string of the molecule is N=C1S[C@@H]2CS(=O)(=O)C[C@@H]2N1c1cc(Cl)cc(Cl)c1. The molecule has 3 rings (SSSR count). The Bertz CT molecular complexity index is 642. The van der Waals surface area contributed by atoms with E-state index < -0.39 is 9.84 Å². The van der Waals surface area contributed by atoms with Crippen LogP contribution in [0, 0.1) is 5.41 Å². The van der Waals surface area contributed by atoms with Crippen LogP contribution in [0.5, 0.6) is 0 Å². The average molecular weight is 337 g/mol. The highest BCUT2D eigenvalue weighted by Crippen LogP contribution is 2.41. The molecular formula is C11H10Cl2N2O2S2. The molecule has 2 aliphatic rings. The number of hydrogen-bond donors (Lipinski definition) is 1. The Balaban J connectivity index is 2.02. The number of amidine groups is 1. The Hall–Kier alpha value is -0.430. The fourth-order valence-electron chi connectivity index (χ4n) is 2.49. The minimum absolute atomic E-state index is 0.0738. The van der Waals surface area contributed by atoms with Gasteiger partial charge in [-0.3, -0.25) is 5.41 Å². The van der Waals surface area contributed by atoms with Crippen molar-refractivity contribution in [1.29, 1.82) is 5.41 Å². The summed E-state index contributed by atoms with van der Waals surface area (Å²) in [5, 5.41) is 9.25. The number of anilines is 1. The fraction of sp³-hybridized carbons (Fsp3) is 0.364. The standard InChI is InChI=1S/C11H10Cl2N2O2S2/c12-6-1-7(13)3-8(2-6)15-9-4-19(16,17)5-10(9)18-11(15)14/h1-3,9-10,14H,4-5H2/t9-,10+/m0/s1. The van der Waals surface area contributed by atoms with Crippen LogP contribution in [0.2, 0.25) is 10.0 Å². The van der Waals surface area contributed by atoms with Gasteiger partial charge in [-0.2, -0.15) is 0 Å². The Kier molecular flexibility index (Phi) is 3.24. The van der Waals surface area contributed by atoms with E-state index in [0.29, 0.717) is 20.9 Å². The predicted molar refractivity (Wildman–Crippen MR) is 80.5 cm³/mol. The minimum Gasteiger partial charge on any atom is -0.316 e. The van der Waals surface area contributed by atoms with Crippen molar-refractivity contribution in [1.82, 2.24) is 0 Å². The molecule has 1 aromatic carbocycles. The molecule has 2 aliphatic heterocycles. The van der Waals surface area contributed by atoms with Gasteiger partial charge in [0.1, 0.15) is 0 Å². The summed E-state index contributed by atoms with van der Waals surface area (Å²) in [5.41, 5.74) is 0.680. The number of nitrogens with zero attached hydrogens (tertiary/aromatic N) is 1. The first-order chi connectivity index (χ1) is 8.85. The van der Waals surface area contributed by atoms with Crippen molar-refractivity contribution >= 4 is 55.7 Å². The first-order valence-electron chi connectivity index (χ1n) is 5.57. The molecule has 0 saturated carbocycles. The van der Waals surface area contributed by atoms with Gasteiger partial charge in [0.15, 0.2) is 15.0 Å². The van der Waals surface area contributed by atoms with E-state index in [1.165, 1.54) is 11.8 Å². The van der Waals surface area contributed by atoms with Crippen molar-refractivity contribution < 1.29 is 8.42 Å². The topological polar surface area (TPSA) is 61.2 Å². The van der Waals surface area contributed by atoms with Gasteiger partial charge in [0, 0.05) is 21.0 Å². The normalized spacial score (nSPS) is 28.7. The molecule has 102 valence electrons. The van der Waals surface area contributed by atoms with Gasteiger partial charge >= 0.3 is 0 Å². The first kappa shape index (κ1) is 13.5. The highest BCUT2D eigenvalue weighted by atomic mass is 35.5. The van der Waals surface area contributed by atoms with E-state index >= 15 is 0 Å². The average Bonchev–Trinajstić information content (AvgIpc) is 2.66. The van der Waals surface area contributed by atoms with E-state index in [-0.39, 0.29) is 22.8 Å². The van der Waals surface area contributed by atoms with E-state index in [0.717, 1.165) is 0 Å². The minimum atomic E-state index is -3.02. The number of fused-ring (bicyclic) bond motifs is 1. The van der Waals surface area contributed by atoms with Gasteiger partial charge < -0.3 is 4.90 Å². The molecule has 2 saturated heterocycles. The predicted octanol–water partition coefficient (Wildman–Crippen LogP) is 2.65. The zero-order chi connectivity index (χ0) is 13.8. The summed E-state index contributed by atoms with van der Waals surface area (Å²) in [7, 11) is -3.02. The lowest BCUT2D eigenvalue weighted by molar-refractivity contribution is 0.601. The molecule has 19 heavy (non-hydrogen) atoms. The Morgan fingerprint density at radius 2 is 1.84 bits per heavy atom. The Morgan fingerprint density at radius 3 is 2.47 bits per heavy atom. The molecule has 8 heteroatoms. The van der Waals surface area contributed by atoms with E-state index in [1.807, 2.05) is 0 Å². The highest BCUT2D eigenvalue weighted by molar-refractivity contribution is 8.15. The molecule has 0 radical (unpaired) electrons. The van der Waals surface area contributed by atoms with Gasteiger partial charge in [-0.05, 0) is 18.2 Å². The molecule has 2 atom stereocenters. The van der Waals surface area contributed by atoms with Gasteiger partial charge in [0.2, 0.25) is 0 Å². The van der Waals surface area contributed by atoms with E-state index in [2.05, 4.69) is 0 Å². The molecule has 0 spiro atoms. The number of sulfone groups is 1. The van der Waals surface area contributed by atoms with Crippen LogP contribution in [-0.2, 0) is 9.84 Å². The molecule has 2 heterocycles. The molecule has 0 amide bonds. The summed E-state index contributed by atoms with van der Waals surface area (Å²) >= 11 is 13.2. The van der Waals surface area contributed by atoms with Crippen molar-refractivity contribution in [3.63, 3.8) is 0 Å². The lowest BCUT2D eigenvalue weighted by Crippen LogP contribution is -2.37.